The van der Waals surface area contributed by atoms with Crippen LogP contribution >= 0.6 is 34.4 Å². The number of aliphatic imine (C=N–C) groups is 1. The highest BCUT2D eigenvalue weighted by Crippen LogP contribution is 2.29. The summed E-state index contributed by atoms with van der Waals surface area (Å²) >= 11 is 3.13. The molecule has 51 heavy (non-hydrogen) atoms. The first-order valence-electron chi connectivity index (χ1n) is 15.9. The van der Waals surface area contributed by atoms with Gasteiger partial charge in [-0.3, -0.25) is 19.3 Å². The molecule has 5 rings (SSSR count). The van der Waals surface area contributed by atoms with Crippen molar-refractivity contribution in [3.05, 3.63) is 177 Å². The smallest absolute Gasteiger partial charge is 0.285 e. The van der Waals surface area contributed by atoms with Gasteiger partial charge in [-0.05, 0) is 76.6 Å². The van der Waals surface area contributed by atoms with E-state index in [0.717, 1.165) is 32.0 Å². The minimum atomic E-state index is -0.711. The molecule has 0 unspecified atom stereocenters. The Morgan fingerprint density at radius 3 is 2.31 bits per heavy atom. The van der Waals surface area contributed by atoms with Gasteiger partial charge in [0.2, 0.25) is 5.91 Å². The maximum Gasteiger partial charge on any atom is 0.285 e. The molecule has 4 aromatic rings. The van der Waals surface area contributed by atoms with Gasteiger partial charge in [-0.25, -0.2) is 0 Å². The molecule has 254 valence electrons. The van der Waals surface area contributed by atoms with Gasteiger partial charge >= 0.3 is 0 Å². The maximum absolute atomic E-state index is 14.1. The summed E-state index contributed by atoms with van der Waals surface area (Å²) in [5.74, 6) is -1.08. The summed E-state index contributed by atoms with van der Waals surface area (Å²) in [5, 5.41) is 12.6. The molecule has 1 aliphatic heterocycles. The first kappa shape index (κ1) is 36.8. The number of ether oxygens (including phenoxy) is 1. The van der Waals surface area contributed by atoms with E-state index in [1.165, 1.54) is 11.0 Å². The summed E-state index contributed by atoms with van der Waals surface area (Å²) in [6.45, 7) is 5.71. The Hall–Kier alpha value is -5.51. The van der Waals surface area contributed by atoms with Crippen LogP contribution in [0.1, 0.15) is 40.8 Å². The zero-order valence-corrected chi connectivity index (χ0v) is 30.6. The second kappa shape index (κ2) is 17.9. The number of thioether (sulfide) groups is 1. The molecule has 8 nitrogen and oxygen atoms in total. The number of halogens is 1. The Bertz CT molecular complexity index is 2060. The average molecular weight is 805 g/mol. The van der Waals surface area contributed by atoms with Gasteiger partial charge in [0.25, 0.3) is 11.8 Å². The van der Waals surface area contributed by atoms with Crippen molar-refractivity contribution in [2.24, 2.45) is 4.99 Å². The topological polar surface area (TPSA) is 112 Å². The molecule has 3 amide bonds. The quantitative estimate of drug-likeness (QED) is 0.0671. The summed E-state index contributed by atoms with van der Waals surface area (Å²) in [4.78, 5) is 46.5. The number of nitrogens with zero attached hydrogens (tertiary/aromatic N) is 3. The minimum Gasteiger partial charge on any atom is -0.488 e. The fourth-order valence-corrected chi connectivity index (χ4v) is 6.70. The standard InChI is InChI=1S/C41H33IN4O4S/c1-3-5-20-33(4-2)46-40(49)34(23-28-21-22-36(35(42)24-28)50-26-32-19-13-12-18-31(32)25-43)39(48)45-41(46)51-27-37(47)44-38(29-14-8-6-9-15-29)30-16-10-7-11-17-30/h3-24,38H,1,26-27H2,2H3,(H,44,47)/b20-5-,33-4+,34-23+. The Labute approximate surface area is 315 Å². The van der Waals surface area contributed by atoms with E-state index in [0.29, 0.717) is 22.6 Å². The maximum atomic E-state index is 14.1. The molecule has 0 radical (unpaired) electrons. The molecule has 4 aromatic carbocycles. The molecule has 1 aliphatic rings. The van der Waals surface area contributed by atoms with Crippen LogP contribution in [0.15, 0.2) is 150 Å². The predicted octanol–water partition coefficient (Wildman–Crippen LogP) is 8.14. The Morgan fingerprint density at radius 2 is 1.69 bits per heavy atom. The van der Waals surface area contributed by atoms with Crippen LogP contribution in [-0.4, -0.2) is 33.5 Å². The van der Waals surface area contributed by atoms with Crippen LogP contribution in [0.3, 0.4) is 0 Å². The van der Waals surface area contributed by atoms with E-state index in [9.17, 15) is 19.6 Å². The van der Waals surface area contributed by atoms with E-state index in [1.54, 1.807) is 61.6 Å². The van der Waals surface area contributed by atoms with E-state index < -0.39 is 17.9 Å². The Kier molecular flexibility index (Phi) is 12.9. The average Bonchev–Trinajstić information content (AvgIpc) is 3.16. The highest BCUT2D eigenvalue weighted by atomic mass is 127. The number of carbonyl (C=O) groups excluding carboxylic acids is 3. The zero-order chi connectivity index (χ0) is 36.2. The van der Waals surface area contributed by atoms with E-state index in [1.807, 2.05) is 72.8 Å². The molecule has 0 aliphatic carbocycles. The van der Waals surface area contributed by atoms with Crippen LogP contribution in [0.25, 0.3) is 6.08 Å². The van der Waals surface area contributed by atoms with Crippen molar-refractivity contribution in [1.29, 1.82) is 5.26 Å². The number of amidine groups is 1. The normalized spacial score (nSPS) is 14.1. The molecule has 0 saturated carbocycles. The SMILES string of the molecule is C=C/C=C\C(=C/C)N1C(=O)/C(=C/c2ccc(OCc3ccccc3C#N)c(I)c2)C(=O)N=C1SCC(=O)NC(c1ccccc1)c1ccccc1. The van der Waals surface area contributed by atoms with Gasteiger partial charge in [-0.15, -0.1) is 0 Å². The molecule has 0 fully saturated rings. The fourth-order valence-electron chi connectivity index (χ4n) is 5.19. The Balaban J connectivity index is 1.37. The van der Waals surface area contributed by atoms with Gasteiger partial charge in [0.15, 0.2) is 5.17 Å². The van der Waals surface area contributed by atoms with Crippen molar-refractivity contribution >= 4 is 63.3 Å². The van der Waals surface area contributed by atoms with Crippen LogP contribution in [0, 0.1) is 14.9 Å². The Morgan fingerprint density at radius 1 is 1.02 bits per heavy atom. The zero-order valence-electron chi connectivity index (χ0n) is 27.7. The van der Waals surface area contributed by atoms with Crippen LogP contribution in [0.4, 0.5) is 0 Å². The van der Waals surface area contributed by atoms with Crippen LogP contribution in [0.5, 0.6) is 5.75 Å². The van der Waals surface area contributed by atoms with Crippen molar-refractivity contribution in [2.45, 2.75) is 19.6 Å². The number of benzene rings is 4. The highest BCUT2D eigenvalue weighted by Gasteiger charge is 2.35. The molecule has 0 bridgehead atoms. The van der Waals surface area contributed by atoms with Gasteiger partial charge in [0.05, 0.1) is 27.0 Å². The number of hydrogen-bond donors (Lipinski definition) is 1. The van der Waals surface area contributed by atoms with E-state index in [2.05, 4.69) is 45.5 Å². The van der Waals surface area contributed by atoms with Crippen LogP contribution in [0.2, 0.25) is 0 Å². The molecule has 0 atom stereocenters. The molecular formula is C41H33IN4O4S. The third-order valence-corrected chi connectivity index (χ3v) is 9.48. The lowest BCUT2D eigenvalue weighted by molar-refractivity contribution is -0.126. The number of nitriles is 1. The van der Waals surface area contributed by atoms with Crippen molar-refractivity contribution in [3.63, 3.8) is 0 Å². The van der Waals surface area contributed by atoms with Crippen molar-refractivity contribution in [1.82, 2.24) is 10.2 Å². The third-order valence-electron chi connectivity index (χ3n) is 7.70. The van der Waals surface area contributed by atoms with E-state index >= 15 is 0 Å². The van der Waals surface area contributed by atoms with Gasteiger partial charge in [-0.1, -0.05) is 121 Å². The van der Waals surface area contributed by atoms with Gasteiger partial charge in [0.1, 0.15) is 17.9 Å². The summed E-state index contributed by atoms with van der Waals surface area (Å²) in [7, 11) is 0. The second-order valence-corrected chi connectivity index (χ2v) is 13.2. The molecule has 1 heterocycles. The van der Waals surface area contributed by atoms with Crippen LogP contribution in [-0.2, 0) is 21.0 Å². The third kappa shape index (κ3) is 9.39. The molecule has 0 aromatic heterocycles. The molecule has 1 N–H and O–H groups in total. The minimum absolute atomic E-state index is 0.0889. The monoisotopic (exact) mass is 804 g/mol. The number of nitrogens with one attached hydrogen (secondary N) is 1. The van der Waals surface area contributed by atoms with Crippen molar-refractivity contribution < 1.29 is 19.1 Å². The van der Waals surface area contributed by atoms with E-state index in [-0.39, 0.29) is 29.0 Å². The number of hydrogen-bond acceptors (Lipinski definition) is 6. The number of rotatable bonds is 12. The van der Waals surface area contributed by atoms with Gasteiger partial charge in [0, 0.05) is 11.3 Å². The fraction of sp³-hybridized carbons (Fsp3) is 0.0976. The second-order valence-electron chi connectivity index (χ2n) is 11.1. The number of allylic oxidation sites excluding steroid dienone is 4. The number of amides is 3. The van der Waals surface area contributed by atoms with Crippen LogP contribution < -0.4 is 10.1 Å². The summed E-state index contributed by atoms with van der Waals surface area (Å²) in [5.41, 5.74) is 4.08. The molecule has 10 heteroatoms. The largest absolute Gasteiger partial charge is 0.488 e. The lowest BCUT2D eigenvalue weighted by Crippen LogP contribution is -2.42. The van der Waals surface area contributed by atoms with Gasteiger partial charge < -0.3 is 10.1 Å². The molecule has 0 spiro atoms. The van der Waals surface area contributed by atoms with Gasteiger partial charge in [-0.2, -0.15) is 10.3 Å². The lowest BCUT2D eigenvalue weighted by Gasteiger charge is -2.28. The first-order valence-corrected chi connectivity index (χ1v) is 18.0. The summed E-state index contributed by atoms with van der Waals surface area (Å²) in [6.07, 6.45) is 8.17. The summed E-state index contributed by atoms with van der Waals surface area (Å²) in [6, 6.07) is 33.6. The molecule has 0 saturated heterocycles. The van der Waals surface area contributed by atoms with Crippen molar-refractivity contribution in [2.75, 3.05) is 5.75 Å². The summed E-state index contributed by atoms with van der Waals surface area (Å²) < 4.78 is 6.74. The highest BCUT2D eigenvalue weighted by molar-refractivity contribution is 14.1. The number of carbonyl (C=O) groups is 3. The predicted molar refractivity (Wildman–Crippen MR) is 210 cm³/mol. The molecular weight excluding hydrogens is 771 g/mol. The van der Waals surface area contributed by atoms with E-state index in [4.69, 9.17) is 4.74 Å². The first-order chi connectivity index (χ1) is 24.8. The van der Waals surface area contributed by atoms with Crippen molar-refractivity contribution in [3.8, 4) is 11.8 Å². The lowest BCUT2D eigenvalue weighted by atomic mass is 9.99.